The molecule has 1 heterocycles. The maximum atomic E-state index is 10.5. The van der Waals surface area contributed by atoms with E-state index in [1.807, 2.05) is 0 Å². The molecule has 5 nitrogen and oxygen atoms in total. The lowest BCUT2D eigenvalue weighted by Gasteiger charge is -2.06. The summed E-state index contributed by atoms with van der Waals surface area (Å²) >= 11 is 7.52. The second-order valence-electron chi connectivity index (χ2n) is 3.08. The molecule has 0 unspecified atom stereocenters. The van der Waals surface area contributed by atoms with Crippen molar-refractivity contribution in [2.45, 2.75) is 0 Å². The third-order valence-corrected chi connectivity index (χ3v) is 3.19. The number of rotatable bonds is 2. The van der Waals surface area contributed by atoms with Crippen molar-refractivity contribution in [1.29, 1.82) is 0 Å². The zero-order chi connectivity index (χ0) is 11.5. The zero-order valence-electron chi connectivity index (χ0n) is 8.14. The first-order valence-electron chi connectivity index (χ1n) is 4.55. The maximum absolute atomic E-state index is 10.5. The van der Waals surface area contributed by atoms with E-state index in [1.165, 1.54) is 12.1 Å². The Bertz CT molecular complexity index is 464. The first-order chi connectivity index (χ1) is 7.66. The maximum Gasteiger partial charge on any atom is 0.271 e. The second kappa shape index (κ2) is 4.71. The van der Waals surface area contributed by atoms with Gasteiger partial charge in [0.2, 0.25) is 0 Å². The lowest BCUT2D eigenvalue weighted by atomic mass is 10.3. The third-order valence-electron chi connectivity index (χ3n) is 1.99. The topological polar surface area (TPSA) is 67.5 Å². The van der Waals surface area contributed by atoms with Crippen molar-refractivity contribution in [2.75, 3.05) is 17.6 Å². The highest BCUT2D eigenvalue weighted by Crippen LogP contribution is 2.28. The van der Waals surface area contributed by atoms with Crippen LogP contribution in [-0.4, -0.2) is 22.4 Å². The molecule has 0 aromatic heterocycles. The van der Waals surface area contributed by atoms with Crippen molar-refractivity contribution >= 4 is 39.9 Å². The number of non-ortho nitro benzene ring substituents is 1. The summed E-state index contributed by atoms with van der Waals surface area (Å²) in [5.41, 5.74) is 0.622. The minimum absolute atomic E-state index is 0.0171. The number of nitrogens with zero attached hydrogens (tertiary/aromatic N) is 2. The summed E-state index contributed by atoms with van der Waals surface area (Å²) in [6.07, 6.45) is 0. The molecule has 84 valence electrons. The Kier molecular flexibility index (Phi) is 3.31. The smallest absolute Gasteiger partial charge is 0.271 e. The molecule has 1 aromatic carbocycles. The SMILES string of the molecule is O=[N+]([O-])c1ccc(NC2=NCCS2)c(Cl)c1. The predicted molar refractivity (Wildman–Crippen MR) is 66.5 cm³/mol. The summed E-state index contributed by atoms with van der Waals surface area (Å²) in [7, 11) is 0. The van der Waals surface area contributed by atoms with E-state index >= 15 is 0 Å². The molecule has 0 fully saturated rings. The number of nitro groups is 1. The van der Waals surface area contributed by atoms with E-state index in [9.17, 15) is 10.1 Å². The van der Waals surface area contributed by atoms with Gasteiger partial charge in [-0.25, -0.2) is 0 Å². The van der Waals surface area contributed by atoms with E-state index in [0.29, 0.717) is 10.7 Å². The predicted octanol–water partition coefficient (Wildman–Crippen LogP) is 2.76. The van der Waals surface area contributed by atoms with Gasteiger partial charge in [0.15, 0.2) is 5.17 Å². The molecular formula is C9H8ClN3O2S. The highest BCUT2D eigenvalue weighted by Gasteiger charge is 2.12. The van der Waals surface area contributed by atoms with Crippen LogP contribution in [0.2, 0.25) is 5.02 Å². The van der Waals surface area contributed by atoms with E-state index in [1.54, 1.807) is 17.8 Å². The Hall–Kier alpha value is -1.27. The Balaban J connectivity index is 2.19. The monoisotopic (exact) mass is 257 g/mol. The molecule has 1 N–H and O–H groups in total. The van der Waals surface area contributed by atoms with E-state index in [4.69, 9.17) is 11.6 Å². The molecule has 0 atom stereocenters. The zero-order valence-corrected chi connectivity index (χ0v) is 9.72. The summed E-state index contributed by atoms with van der Waals surface area (Å²) in [4.78, 5) is 14.2. The van der Waals surface area contributed by atoms with Gasteiger partial charge < -0.3 is 5.32 Å². The molecule has 7 heteroatoms. The highest BCUT2D eigenvalue weighted by molar-refractivity contribution is 8.14. The van der Waals surface area contributed by atoms with Gasteiger partial charge >= 0.3 is 0 Å². The molecule has 0 radical (unpaired) electrons. The number of anilines is 1. The lowest BCUT2D eigenvalue weighted by Crippen LogP contribution is -2.05. The standard InChI is InChI=1S/C9H8ClN3O2S/c10-7-5-6(13(14)15)1-2-8(7)12-9-11-3-4-16-9/h1-2,5H,3-4H2,(H,11,12). The highest BCUT2D eigenvalue weighted by atomic mass is 35.5. The van der Waals surface area contributed by atoms with Crippen molar-refractivity contribution in [3.8, 4) is 0 Å². The lowest BCUT2D eigenvalue weighted by molar-refractivity contribution is -0.384. The van der Waals surface area contributed by atoms with E-state index < -0.39 is 4.92 Å². The number of nitro benzene ring substituents is 1. The minimum atomic E-state index is -0.475. The first kappa shape index (κ1) is 11.2. The molecule has 0 saturated heterocycles. The molecule has 1 aliphatic rings. The largest absolute Gasteiger partial charge is 0.334 e. The fourth-order valence-corrected chi connectivity index (χ4v) is 2.21. The van der Waals surface area contributed by atoms with Gasteiger partial charge in [-0.15, -0.1) is 0 Å². The molecule has 2 rings (SSSR count). The Morgan fingerprint density at radius 2 is 2.38 bits per heavy atom. The summed E-state index contributed by atoms with van der Waals surface area (Å²) < 4.78 is 0. The van der Waals surface area contributed by atoms with Gasteiger partial charge in [0.05, 0.1) is 22.2 Å². The van der Waals surface area contributed by atoms with E-state index in [0.717, 1.165) is 17.5 Å². The second-order valence-corrected chi connectivity index (χ2v) is 4.57. The molecular weight excluding hydrogens is 250 g/mol. The van der Waals surface area contributed by atoms with Gasteiger partial charge in [0.25, 0.3) is 5.69 Å². The fourth-order valence-electron chi connectivity index (χ4n) is 1.24. The molecule has 0 saturated carbocycles. The molecule has 16 heavy (non-hydrogen) atoms. The van der Waals surface area contributed by atoms with Crippen LogP contribution in [0.3, 0.4) is 0 Å². The van der Waals surface area contributed by atoms with Gasteiger partial charge in [-0.3, -0.25) is 15.1 Å². The van der Waals surface area contributed by atoms with Gasteiger partial charge in [-0.2, -0.15) is 0 Å². The summed E-state index contributed by atoms with van der Waals surface area (Å²) in [6, 6.07) is 4.32. The molecule has 0 aliphatic carbocycles. The summed E-state index contributed by atoms with van der Waals surface area (Å²) in [5.74, 6) is 0.951. The van der Waals surface area contributed by atoms with Crippen LogP contribution >= 0.6 is 23.4 Å². The molecule has 0 amide bonds. The van der Waals surface area contributed by atoms with Crippen molar-refractivity contribution in [3.63, 3.8) is 0 Å². The molecule has 1 aromatic rings. The molecule has 0 spiro atoms. The Morgan fingerprint density at radius 3 is 2.94 bits per heavy atom. The van der Waals surface area contributed by atoms with Gasteiger partial charge in [-0.1, -0.05) is 23.4 Å². The van der Waals surface area contributed by atoms with Crippen LogP contribution in [0.5, 0.6) is 0 Å². The van der Waals surface area contributed by atoms with Crippen LogP contribution in [0.1, 0.15) is 0 Å². The summed E-state index contributed by atoms with van der Waals surface area (Å²) in [5, 5.41) is 14.7. The normalized spacial score (nSPS) is 14.7. The van der Waals surface area contributed by atoms with Crippen LogP contribution in [0.15, 0.2) is 23.2 Å². The van der Waals surface area contributed by atoms with Crippen molar-refractivity contribution in [3.05, 3.63) is 33.3 Å². The number of hydrogen-bond acceptors (Lipinski definition) is 5. The van der Waals surface area contributed by atoms with Gasteiger partial charge in [-0.05, 0) is 6.07 Å². The van der Waals surface area contributed by atoms with Gasteiger partial charge in [0, 0.05) is 17.9 Å². The average molecular weight is 258 g/mol. The molecule has 1 aliphatic heterocycles. The number of nitrogens with one attached hydrogen (secondary N) is 1. The van der Waals surface area contributed by atoms with Gasteiger partial charge in [0.1, 0.15) is 0 Å². The fraction of sp³-hybridized carbons (Fsp3) is 0.222. The van der Waals surface area contributed by atoms with E-state index in [-0.39, 0.29) is 5.69 Å². The van der Waals surface area contributed by atoms with E-state index in [2.05, 4.69) is 10.3 Å². The van der Waals surface area contributed by atoms with Crippen molar-refractivity contribution in [2.24, 2.45) is 4.99 Å². The quantitative estimate of drug-likeness (QED) is 0.653. The first-order valence-corrected chi connectivity index (χ1v) is 5.91. The number of amidine groups is 1. The van der Waals surface area contributed by atoms with Crippen molar-refractivity contribution < 1.29 is 4.92 Å². The number of hydrogen-bond donors (Lipinski definition) is 1. The minimum Gasteiger partial charge on any atom is -0.334 e. The summed E-state index contributed by atoms with van der Waals surface area (Å²) in [6.45, 7) is 0.789. The number of benzene rings is 1. The van der Waals surface area contributed by atoms with Crippen LogP contribution in [0, 0.1) is 10.1 Å². The van der Waals surface area contributed by atoms with Crippen LogP contribution in [0.25, 0.3) is 0 Å². The Morgan fingerprint density at radius 1 is 1.56 bits per heavy atom. The van der Waals surface area contributed by atoms with Crippen LogP contribution in [-0.2, 0) is 0 Å². The number of thioether (sulfide) groups is 1. The van der Waals surface area contributed by atoms with Crippen LogP contribution in [0.4, 0.5) is 11.4 Å². The Labute approximate surface area is 101 Å². The number of halogens is 1. The average Bonchev–Trinajstić information content (AvgIpc) is 2.73. The number of aliphatic imine (C=N–C) groups is 1. The molecule has 0 bridgehead atoms. The van der Waals surface area contributed by atoms with Crippen molar-refractivity contribution in [1.82, 2.24) is 0 Å². The van der Waals surface area contributed by atoms with Crippen LogP contribution < -0.4 is 5.32 Å². The third kappa shape index (κ3) is 2.45.